The van der Waals surface area contributed by atoms with E-state index in [1.165, 1.54) is 30.6 Å². The van der Waals surface area contributed by atoms with Crippen molar-refractivity contribution in [1.82, 2.24) is 0 Å². The molecule has 3 rings (SSSR count). The fraction of sp³-hybridized carbons (Fsp3) is 0.647. The van der Waals surface area contributed by atoms with Gasteiger partial charge in [0.1, 0.15) is 6.10 Å². The topological polar surface area (TPSA) is 44.5 Å². The third-order valence-electron chi connectivity index (χ3n) is 4.65. The van der Waals surface area contributed by atoms with Gasteiger partial charge in [-0.1, -0.05) is 18.9 Å². The first-order valence-corrected chi connectivity index (χ1v) is 9.08. The minimum atomic E-state index is -0.175. The van der Waals surface area contributed by atoms with Crippen LogP contribution in [0.25, 0.3) is 0 Å². The summed E-state index contributed by atoms with van der Waals surface area (Å²) in [6.45, 7) is 0. The molecule has 0 amide bonds. The Kier molecular flexibility index (Phi) is 4.65. The van der Waals surface area contributed by atoms with Gasteiger partial charge >= 0.3 is 0 Å². The molecular weight excluding hydrogens is 282 g/mol. The monoisotopic (exact) mass is 307 g/mol. The summed E-state index contributed by atoms with van der Waals surface area (Å²) in [4.78, 5) is 0. The lowest BCUT2D eigenvalue weighted by molar-refractivity contribution is 0.201. The van der Waals surface area contributed by atoms with Crippen LogP contribution in [-0.4, -0.2) is 24.7 Å². The summed E-state index contributed by atoms with van der Waals surface area (Å²) in [6.07, 6.45) is 7.24. The number of nitrogens with two attached hydrogens (primary N) is 1. The number of ether oxygens (including phenoxy) is 2. The second-order valence-corrected chi connectivity index (χ2v) is 7.34. The van der Waals surface area contributed by atoms with Crippen LogP contribution in [0.3, 0.4) is 0 Å². The Hall–Kier alpha value is -0.870. The quantitative estimate of drug-likeness (QED) is 0.921. The molecule has 2 N–H and O–H groups in total. The van der Waals surface area contributed by atoms with Crippen molar-refractivity contribution in [2.24, 2.45) is 5.73 Å². The lowest BCUT2D eigenvalue weighted by Crippen LogP contribution is -2.33. The number of thioether (sulfide) groups is 1. The van der Waals surface area contributed by atoms with Gasteiger partial charge in [0.25, 0.3) is 0 Å². The molecule has 0 radical (unpaired) electrons. The van der Waals surface area contributed by atoms with E-state index in [-0.39, 0.29) is 5.54 Å². The molecule has 2 fully saturated rings. The fourth-order valence-electron chi connectivity index (χ4n) is 3.36. The summed E-state index contributed by atoms with van der Waals surface area (Å²) in [6, 6.07) is 6.23. The van der Waals surface area contributed by atoms with Crippen molar-refractivity contribution in [3.8, 4) is 11.5 Å². The third kappa shape index (κ3) is 3.32. The SMILES string of the molecule is COc1ccc(C2(N)CCCC2)cc1OC1CCCSC1. The van der Waals surface area contributed by atoms with Crippen molar-refractivity contribution in [3.63, 3.8) is 0 Å². The van der Waals surface area contributed by atoms with Crippen molar-refractivity contribution < 1.29 is 9.47 Å². The van der Waals surface area contributed by atoms with E-state index < -0.39 is 0 Å². The molecule has 1 saturated carbocycles. The van der Waals surface area contributed by atoms with Crippen LogP contribution in [0.1, 0.15) is 44.1 Å². The van der Waals surface area contributed by atoms with Crippen LogP contribution < -0.4 is 15.2 Å². The molecule has 116 valence electrons. The van der Waals surface area contributed by atoms with Gasteiger partial charge < -0.3 is 15.2 Å². The molecule has 1 aromatic rings. The highest BCUT2D eigenvalue weighted by Crippen LogP contribution is 2.40. The van der Waals surface area contributed by atoms with Gasteiger partial charge in [-0.3, -0.25) is 0 Å². The van der Waals surface area contributed by atoms with Crippen LogP contribution in [0.2, 0.25) is 0 Å². The van der Waals surface area contributed by atoms with Crippen LogP contribution >= 0.6 is 11.8 Å². The maximum atomic E-state index is 6.57. The highest BCUT2D eigenvalue weighted by molar-refractivity contribution is 7.99. The average Bonchev–Trinajstić information content (AvgIpc) is 2.96. The van der Waals surface area contributed by atoms with Crippen LogP contribution in [0, 0.1) is 0 Å². The molecule has 1 aliphatic heterocycles. The summed E-state index contributed by atoms with van der Waals surface area (Å²) in [5, 5.41) is 0. The predicted molar refractivity (Wildman–Crippen MR) is 88.3 cm³/mol. The summed E-state index contributed by atoms with van der Waals surface area (Å²) in [5.74, 6) is 4.00. The molecule has 0 bridgehead atoms. The van der Waals surface area contributed by atoms with Gasteiger partial charge in [-0.05, 0) is 49.1 Å². The number of methoxy groups -OCH3 is 1. The highest BCUT2D eigenvalue weighted by Gasteiger charge is 2.32. The average molecular weight is 307 g/mol. The van der Waals surface area contributed by atoms with Gasteiger partial charge in [-0.15, -0.1) is 0 Å². The van der Waals surface area contributed by atoms with Gasteiger partial charge in [-0.25, -0.2) is 0 Å². The first kappa shape index (κ1) is 15.0. The minimum Gasteiger partial charge on any atom is -0.493 e. The Morgan fingerprint density at radius 3 is 2.67 bits per heavy atom. The first-order valence-electron chi connectivity index (χ1n) is 7.93. The Labute approximate surface area is 131 Å². The number of hydrogen-bond acceptors (Lipinski definition) is 4. The molecule has 0 spiro atoms. The molecule has 1 aliphatic carbocycles. The van der Waals surface area contributed by atoms with Crippen molar-refractivity contribution in [2.75, 3.05) is 18.6 Å². The molecule has 1 aromatic carbocycles. The Morgan fingerprint density at radius 2 is 2.00 bits per heavy atom. The van der Waals surface area contributed by atoms with Crippen molar-refractivity contribution in [3.05, 3.63) is 23.8 Å². The first-order chi connectivity index (χ1) is 10.2. The molecule has 3 nitrogen and oxygen atoms in total. The highest BCUT2D eigenvalue weighted by atomic mass is 32.2. The van der Waals surface area contributed by atoms with Crippen LogP contribution in [0.5, 0.6) is 11.5 Å². The van der Waals surface area contributed by atoms with Crippen LogP contribution in [-0.2, 0) is 5.54 Å². The summed E-state index contributed by atoms with van der Waals surface area (Å²) >= 11 is 1.97. The third-order valence-corrected chi connectivity index (χ3v) is 5.83. The predicted octanol–water partition coefficient (Wildman–Crippen LogP) is 3.70. The number of rotatable bonds is 4. The Morgan fingerprint density at radius 1 is 1.19 bits per heavy atom. The van der Waals surface area contributed by atoms with Crippen molar-refractivity contribution >= 4 is 11.8 Å². The molecule has 21 heavy (non-hydrogen) atoms. The molecule has 0 aromatic heterocycles. The van der Waals surface area contributed by atoms with Gasteiger partial charge in [0.2, 0.25) is 0 Å². The van der Waals surface area contributed by atoms with E-state index in [0.717, 1.165) is 36.5 Å². The molecule has 1 heterocycles. The minimum absolute atomic E-state index is 0.175. The molecule has 1 saturated heterocycles. The Balaban J connectivity index is 1.82. The van der Waals surface area contributed by atoms with E-state index in [4.69, 9.17) is 15.2 Å². The maximum Gasteiger partial charge on any atom is 0.161 e. The van der Waals surface area contributed by atoms with E-state index >= 15 is 0 Å². The van der Waals surface area contributed by atoms with Gasteiger partial charge in [0, 0.05) is 11.3 Å². The lowest BCUT2D eigenvalue weighted by atomic mass is 9.89. The molecule has 4 heteroatoms. The van der Waals surface area contributed by atoms with Gasteiger partial charge in [0.15, 0.2) is 11.5 Å². The molecular formula is C17H25NO2S. The second-order valence-electron chi connectivity index (χ2n) is 6.19. The van der Waals surface area contributed by atoms with Crippen molar-refractivity contribution in [1.29, 1.82) is 0 Å². The summed E-state index contributed by atoms with van der Waals surface area (Å²) in [7, 11) is 1.70. The van der Waals surface area contributed by atoms with E-state index in [1.54, 1.807) is 7.11 Å². The fourth-order valence-corrected chi connectivity index (χ4v) is 4.39. The second kappa shape index (κ2) is 6.49. The zero-order valence-electron chi connectivity index (χ0n) is 12.8. The zero-order chi connectivity index (χ0) is 14.7. The normalized spacial score (nSPS) is 24.8. The van der Waals surface area contributed by atoms with Crippen molar-refractivity contribution in [2.45, 2.75) is 50.2 Å². The standard InChI is InChI=1S/C17H25NO2S/c1-19-15-7-6-13(17(18)8-2-3-9-17)11-16(15)20-14-5-4-10-21-12-14/h6-7,11,14H,2-5,8-10,12,18H2,1H3. The molecule has 2 aliphatic rings. The van der Waals surface area contributed by atoms with E-state index in [9.17, 15) is 0 Å². The number of benzene rings is 1. The summed E-state index contributed by atoms with van der Waals surface area (Å²) < 4.78 is 11.7. The van der Waals surface area contributed by atoms with E-state index in [1.807, 2.05) is 17.8 Å². The van der Waals surface area contributed by atoms with Crippen LogP contribution in [0.4, 0.5) is 0 Å². The van der Waals surface area contributed by atoms with Gasteiger partial charge in [-0.2, -0.15) is 11.8 Å². The molecule has 1 atom stereocenters. The largest absolute Gasteiger partial charge is 0.493 e. The van der Waals surface area contributed by atoms with Crippen LogP contribution in [0.15, 0.2) is 18.2 Å². The van der Waals surface area contributed by atoms with E-state index in [2.05, 4.69) is 12.1 Å². The smallest absolute Gasteiger partial charge is 0.161 e. The van der Waals surface area contributed by atoms with E-state index in [0.29, 0.717) is 6.10 Å². The Bertz CT molecular complexity index is 480. The number of hydrogen-bond donors (Lipinski definition) is 1. The lowest BCUT2D eigenvalue weighted by Gasteiger charge is -2.27. The zero-order valence-corrected chi connectivity index (χ0v) is 13.6. The maximum absolute atomic E-state index is 6.57. The molecule has 1 unspecified atom stereocenters. The summed E-state index contributed by atoms with van der Waals surface area (Å²) in [5.41, 5.74) is 7.59. The van der Waals surface area contributed by atoms with Gasteiger partial charge in [0.05, 0.1) is 7.11 Å².